The van der Waals surface area contributed by atoms with Crippen LogP contribution in [0.3, 0.4) is 0 Å². The van der Waals surface area contributed by atoms with Crippen LogP contribution >= 0.6 is 11.6 Å². The summed E-state index contributed by atoms with van der Waals surface area (Å²) < 4.78 is 5.85. The highest BCUT2D eigenvalue weighted by Crippen LogP contribution is 2.45. The summed E-state index contributed by atoms with van der Waals surface area (Å²) in [7, 11) is 3.99. The fraction of sp³-hybridized carbons (Fsp3) is 0.310. The second-order valence-electron chi connectivity index (χ2n) is 9.99. The van der Waals surface area contributed by atoms with Gasteiger partial charge in [0.2, 0.25) is 0 Å². The predicted molar refractivity (Wildman–Crippen MR) is 155 cm³/mol. The molecule has 1 unspecified atom stereocenters. The maximum atomic E-state index is 13.8. The van der Waals surface area contributed by atoms with Gasteiger partial charge < -0.3 is 35.7 Å². The van der Waals surface area contributed by atoms with Crippen molar-refractivity contribution in [3.8, 4) is 5.75 Å². The number of nitrogens with one attached hydrogen (secondary N) is 2. The fourth-order valence-corrected chi connectivity index (χ4v) is 5.31. The van der Waals surface area contributed by atoms with Crippen molar-refractivity contribution in [1.82, 2.24) is 15.2 Å². The minimum Gasteiger partial charge on any atom is -0.492 e. The third-order valence-corrected chi connectivity index (χ3v) is 7.38. The molecule has 1 aromatic heterocycles. The van der Waals surface area contributed by atoms with E-state index >= 15 is 0 Å². The molecule has 5 rings (SSSR count). The molecule has 4 aromatic rings. The number of nitrogens with zero attached hydrogens (tertiary/aromatic N) is 2. The summed E-state index contributed by atoms with van der Waals surface area (Å²) in [6, 6.07) is 14.7. The van der Waals surface area contributed by atoms with E-state index in [1.54, 1.807) is 23.1 Å². The van der Waals surface area contributed by atoms with E-state index in [4.69, 9.17) is 27.2 Å². The van der Waals surface area contributed by atoms with Crippen molar-refractivity contribution in [2.75, 3.05) is 63.5 Å². The maximum absolute atomic E-state index is 13.8. The van der Waals surface area contributed by atoms with Crippen molar-refractivity contribution in [1.29, 1.82) is 0 Å². The third kappa shape index (κ3) is 5.25. The lowest BCUT2D eigenvalue weighted by Crippen LogP contribution is -2.30. The first kappa shape index (κ1) is 26.8. The Labute approximate surface area is 231 Å². The zero-order valence-electron chi connectivity index (χ0n) is 22.0. The SMILES string of the molecule is CN(C)CCOc1ccc2[nH]c(C(=O)N3CC(CCl)c4c3cc(N)c3cc(C(=O)NCCO)ccc43)cc2c1. The van der Waals surface area contributed by atoms with Gasteiger partial charge in [0.05, 0.1) is 12.3 Å². The minimum absolute atomic E-state index is 0.0936. The van der Waals surface area contributed by atoms with Crippen LogP contribution in [0, 0.1) is 0 Å². The number of anilines is 2. The van der Waals surface area contributed by atoms with Crippen LogP contribution in [0.1, 0.15) is 32.3 Å². The Bertz CT molecular complexity index is 1550. The van der Waals surface area contributed by atoms with E-state index in [0.717, 1.165) is 45.2 Å². The standard InChI is InChI=1S/C29H32ClN5O4/c1-34(2)8-10-39-20-4-6-24-18(11-20)13-25(33-24)29(38)35-16-19(15-30)27-21-5-3-17(28(37)32-7-9-36)12-22(21)23(31)14-26(27)35/h3-6,11-14,19,33,36H,7-10,15-16,31H2,1-2H3,(H,32,37). The lowest BCUT2D eigenvalue weighted by molar-refractivity contribution is 0.0943. The first-order chi connectivity index (χ1) is 18.8. The van der Waals surface area contributed by atoms with Gasteiger partial charge in [0, 0.05) is 59.0 Å². The summed E-state index contributed by atoms with van der Waals surface area (Å²) in [5.74, 6) is 0.522. The maximum Gasteiger partial charge on any atom is 0.274 e. The van der Waals surface area contributed by atoms with E-state index in [0.29, 0.717) is 36.0 Å². The molecule has 3 aromatic carbocycles. The molecule has 0 bridgehead atoms. The highest BCUT2D eigenvalue weighted by atomic mass is 35.5. The van der Waals surface area contributed by atoms with Crippen molar-refractivity contribution in [2.45, 2.75) is 5.92 Å². The minimum atomic E-state index is -0.290. The van der Waals surface area contributed by atoms with Crippen LogP contribution in [0.4, 0.5) is 11.4 Å². The number of hydrogen-bond donors (Lipinski definition) is 4. The molecule has 1 atom stereocenters. The number of likely N-dealkylation sites (N-methyl/N-ethyl adjacent to an activating group) is 1. The smallest absolute Gasteiger partial charge is 0.274 e. The van der Waals surface area contributed by atoms with Crippen LogP contribution in [0.25, 0.3) is 21.7 Å². The number of nitrogens with two attached hydrogens (primary N) is 1. The van der Waals surface area contributed by atoms with E-state index in [2.05, 4.69) is 15.2 Å². The Kier molecular flexibility index (Phi) is 7.65. The Balaban J connectivity index is 1.46. The number of aromatic nitrogens is 1. The van der Waals surface area contributed by atoms with E-state index in [9.17, 15) is 9.59 Å². The Hall–Kier alpha value is -3.79. The number of aromatic amines is 1. The Morgan fingerprint density at radius 3 is 2.74 bits per heavy atom. The number of nitrogen functional groups attached to an aromatic ring is 1. The van der Waals surface area contributed by atoms with Crippen molar-refractivity contribution in [2.24, 2.45) is 0 Å². The first-order valence-electron chi connectivity index (χ1n) is 12.8. The quantitative estimate of drug-likeness (QED) is 0.187. The van der Waals surface area contributed by atoms with Crippen molar-refractivity contribution < 1.29 is 19.4 Å². The lowest BCUT2D eigenvalue weighted by atomic mass is 9.93. The average molecular weight is 550 g/mol. The zero-order chi connectivity index (χ0) is 27.7. The number of amides is 2. The topological polar surface area (TPSA) is 124 Å². The van der Waals surface area contributed by atoms with Gasteiger partial charge in [-0.25, -0.2) is 0 Å². The van der Waals surface area contributed by atoms with E-state index in [-0.39, 0.29) is 30.9 Å². The Morgan fingerprint density at radius 2 is 2.00 bits per heavy atom. The molecule has 2 amide bonds. The van der Waals surface area contributed by atoms with E-state index < -0.39 is 0 Å². The van der Waals surface area contributed by atoms with Crippen LogP contribution in [-0.4, -0.2) is 79.6 Å². The molecule has 0 spiro atoms. The molecule has 1 aliphatic heterocycles. The second kappa shape index (κ2) is 11.1. The summed E-state index contributed by atoms with van der Waals surface area (Å²) in [4.78, 5) is 33.2. The van der Waals surface area contributed by atoms with Crippen LogP contribution in [0.15, 0.2) is 48.5 Å². The number of carbonyl (C=O) groups excluding carboxylic acids is 2. The van der Waals surface area contributed by atoms with Gasteiger partial charge in [0.15, 0.2) is 0 Å². The third-order valence-electron chi connectivity index (χ3n) is 7.01. The molecule has 204 valence electrons. The van der Waals surface area contributed by atoms with Crippen LogP contribution in [0.5, 0.6) is 5.75 Å². The number of alkyl halides is 1. The summed E-state index contributed by atoms with van der Waals surface area (Å²) in [6.07, 6.45) is 0. The molecule has 0 saturated heterocycles. The molecule has 1 aliphatic rings. The molecule has 0 fully saturated rings. The monoisotopic (exact) mass is 549 g/mol. The van der Waals surface area contributed by atoms with Gasteiger partial charge >= 0.3 is 0 Å². The normalized spacial score (nSPS) is 14.8. The average Bonchev–Trinajstić information content (AvgIpc) is 3.52. The van der Waals surface area contributed by atoms with Gasteiger partial charge in [-0.2, -0.15) is 0 Å². The number of rotatable bonds is 9. The van der Waals surface area contributed by atoms with Crippen molar-refractivity contribution in [3.63, 3.8) is 0 Å². The molecule has 0 radical (unpaired) electrons. The molecule has 10 heteroatoms. The van der Waals surface area contributed by atoms with Gasteiger partial charge in [-0.15, -0.1) is 11.6 Å². The molecular formula is C29H32ClN5O4. The second-order valence-corrected chi connectivity index (χ2v) is 10.3. The summed E-state index contributed by atoms with van der Waals surface area (Å²) >= 11 is 6.39. The molecule has 9 nitrogen and oxygen atoms in total. The highest BCUT2D eigenvalue weighted by molar-refractivity contribution is 6.19. The number of ether oxygens (including phenoxy) is 1. The van der Waals surface area contributed by atoms with Gasteiger partial charge in [0.25, 0.3) is 11.8 Å². The van der Waals surface area contributed by atoms with Gasteiger partial charge in [0.1, 0.15) is 18.1 Å². The van der Waals surface area contributed by atoms with Crippen LogP contribution in [-0.2, 0) is 0 Å². The highest BCUT2D eigenvalue weighted by Gasteiger charge is 2.35. The molecule has 0 saturated carbocycles. The van der Waals surface area contributed by atoms with Crippen molar-refractivity contribution >= 4 is 56.5 Å². The number of fused-ring (bicyclic) bond motifs is 4. The van der Waals surface area contributed by atoms with Gasteiger partial charge in [-0.1, -0.05) is 6.07 Å². The number of H-pyrrole nitrogens is 1. The molecule has 39 heavy (non-hydrogen) atoms. The number of hydrogen-bond acceptors (Lipinski definition) is 6. The summed E-state index contributed by atoms with van der Waals surface area (Å²) in [5.41, 5.74) is 10.3. The molecule has 2 heterocycles. The summed E-state index contributed by atoms with van der Waals surface area (Å²) in [6.45, 7) is 1.83. The number of aliphatic hydroxyl groups excluding tert-OH is 1. The largest absolute Gasteiger partial charge is 0.492 e. The number of halogens is 1. The van der Waals surface area contributed by atoms with Gasteiger partial charge in [-0.3, -0.25) is 9.59 Å². The van der Waals surface area contributed by atoms with Crippen molar-refractivity contribution in [3.05, 3.63) is 65.4 Å². The summed E-state index contributed by atoms with van der Waals surface area (Å²) in [5, 5.41) is 14.1. The first-order valence-corrected chi connectivity index (χ1v) is 13.4. The number of benzene rings is 3. The fourth-order valence-electron chi connectivity index (χ4n) is 5.06. The van der Waals surface area contributed by atoms with Crippen LogP contribution in [0.2, 0.25) is 0 Å². The van der Waals surface area contributed by atoms with E-state index in [1.807, 2.05) is 44.4 Å². The van der Waals surface area contributed by atoms with Crippen LogP contribution < -0.4 is 20.7 Å². The predicted octanol–water partition coefficient (Wildman–Crippen LogP) is 3.55. The number of aliphatic hydroxyl groups is 1. The number of carbonyl (C=O) groups is 2. The zero-order valence-corrected chi connectivity index (χ0v) is 22.7. The molecule has 5 N–H and O–H groups in total. The van der Waals surface area contributed by atoms with E-state index in [1.165, 1.54) is 0 Å². The molecule has 0 aliphatic carbocycles. The van der Waals surface area contributed by atoms with Gasteiger partial charge in [-0.05, 0) is 67.5 Å². The Morgan fingerprint density at radius 1 is 1.18 bits per heavy atom. The lowest BCUT2D eigenvalue weighted by Gasteiger charge is -2.18. The molecular weight excluding hydrogens is 518 g/mol.